The van der Waals surface area contributed by atoms with Gasteiger partial charge in [-0.05, 0) is 12.1 Å². The monoisotopic (exact) mass is 273 g/mol. The minimum atomic E-state index is -4.43. The predicted molar refractivity (Wildman–Crippen MR) is 46.5 cm³/mol. The zero-order chi connectivity index (χ0) is 10.1. The first-order valence-electron chi connectivity index (χ1n) is 3.23. The zero-order valence-electron chi connectivity index (χ0n) is 6.20. The van der Waals surface area contributed by atoms with Crippen molar-refractivity contribution < 1.29 is 13.2 Å². The molecule has 0 aliphatic heterocycles. The zero-order valence-corrected chi connectivity index (χ0v) is 8.54. The maximum atomic E-state index is 12.2. The van der Waals surface area contributed by atoms with Crippen LogP contribution in [0.15, 0.2) is 16.6 Å². The van der Waals surface area contributed by atoms with Gasteiger partial charge in [0.2, 0.25) is 0 Å². The van der Waals surface area contributed by atoms with Gasteiger partial charge in [0.25, 0.3) is 0 Å². The fraction of sp³-hybridized carbons (Fsp3) is 0.286. The van der Waals surface area contributed by atoms with E-state index < -0.39 is 11.9 Å². The molecule has 72 valence electrons. The summed E-state index contributed by atoms with van der Waals surface area (Å²) in [5, 5.41) is 0. The molecule has 1 nitrogen and oxygen atoms in total. The molecule has 1 aromatic heterocycles. The number of halogens is 5. The lowest BCUT2D eigenvalue weighted by Crippen LogP contribution is -2.09. The minimum Gasteiger partial charge on any atom is -0.247 e. The molecule has 1 aromatic rings. The third-order valence-corrected chi connectivity index (χ3v) is 2.00. The second kappa shape index (κ2) is 3.84. The number of hydrogen-bond acceptors (Lipinski definition) is 1. The van der Waals surface area contributed by atoms with Gasteiger partial charge in [0.1, 0.15) is 5.69 Å². The Morgan fingerprint density at radius 2 is 2.00 bits per heavy atom. The first-order chi connectivity index (χ1) is 5.93. The van der Waals surface area contributed by atoms with Crippen LogP contribution in [-0.4, -0.2) is 4.98 Å². The molecule has 0 bridgehead atoms. The highest BCUT2D eigenvalue weighted by molar-refractivity contribution is 9.10. The van der Waals surface area contributed by atoms with Crippen molar-refractivity contribution in [2.45, 2.75) is 12.1 Å². The lowest BCUT2D eigenvalue weighted by Gasteiger charge is -2.07. The van der Waals surface area contributed by atoms with E-state index in [2.05, 4.69) is 20.9 Å². The van der Waals surface area contributed by atoms with Gasteiger partial charge in [-0.3, -0.25) is 0 Å². The summed E-state index contributed by atoms with van der Waals surface area (Å²) in [6, 6.07) is 2.36. The molecule has 0 saturated heterocycles. The number of pyridine rings is 1. The number of rotatable bonds is 1. The van der Waals surface area contributed by atoms with Crippen LogP contribution in [0.25, 0.3) is 0 Å². The lowest BCUT2D eigenvalue weighted by atomic mass is 10.3. The fourth-order valence-corrected chi connectivity index (χ4v) is 1.38. The van der Waals surface area contributed by atoms with Crippen LogP contribution in [0.1, 0.15) is 11.4 Å². The average Bonchev–Trinajstić information content (AvgIpc) is 2.01. The van der Waals surface area contributed by atoms with Crippen LogP contribution < -0.4 is 0 Å². The molecule has 6 heteroatoms. The van der Waals surface area contributed by atoms with Crippen molar-refractivity contribution in [3.8, 4) is 0 Å². The van der Waals surface area contributed by atoms with Gasteiger partial charge in [0.05, 0.1) is 11.6 Å². The van der Waals surface area contributed by atoms with E-state index in [1.807, 2.05) is 0 Å². The summed E-state index contributed by atoms with van der Waals surface area (Å²) in [6.45, 7) is 0. The van der Waals surface area contributed by atoms with Gasteiger partial charge in [0.15, 0.2) is 0 Å². The maximum absolute atomic E-state index is 12.2. The molecule has 13 heavy (non-hydrogen) atoms. The summed E-state index contributed by atoms with van der Waals surface area (Å²) in [5.41, 5.74) is -0.735. The molecule has 1 heterocycles. The number of hydrogen-bond donors (Lipinski definition) is 0. The number of aromatic nitrogens is 1. The second-order valence-electron chi connectivity index (χ2n) is 2.29. The molecule has 0 N–H and O–H groups in total. The molecule has 0 unspecified atom stereocenters. The predicted octanol–water partition coefficient (Wildman–Crippen LogP) is 3.60. The van der Waals surface area contributed by atoms with Crippen molar-refractivity contribution in [2.24, 2.45) is 0 Å². The maximum Gasteiger partial charge on any atom is 0.433 e. The molecule has 0 aromatic carbocycles. The minimum absolute atomic E-state index is 0.0392. The van der Waals surface area contributed by atoms with E-state index >= 15 is 0 Å². The topological polar surface area (TPSA) is 12.9 Å². The van der Waals surface area contributed by atoms with Gasteiger partial charge < -0.3 is 0 Å². The normalized spacial score (nSPS) is 11.8. The first kappa shape index (κ1) is 10.8. The summed E-state index contributed by atoms with van der Waals surface area (Å²) in [4.78, 5) is 3.34. The fourth-order valence-electron chi connectivity index (χ4n) is 0.764. The van der Waals surface area contributed by atoms with Crippen LogP contribution in [0, 0.1) is 0 Å². The smallest absolute Gasteiger partial charge is 0.247 e. The molecule has 1 rings (SSSR count). The van der Waals surface area contributed by atoms with E-state index in [-0.39, 0.29) is 11.6 Å². The van der Waals surface area contributed by atoms with E-state index in [1.165, 1.54) is 6.07 Å². The van der Waals surface area contributed by atoms with E-state index in [9.17, 15) is 13.2 Å². The molecule has 0 spiro atoms. The molecule has 0 aliphatic carbocycles. The third-order valence-electron chi connectivity index (χ3n) is 1.27. The highest BCUT2D eigenvalue weighted by atomic mass is 79.9. The Morgan fingerprint density at radius 3 is 2.46 bits per heavy atom. The van der Waals surface area contributed by atoms with Crippen LogP contribution in [0.3, 0.4) is 0 Å². The molecule has 0 saturated carbocycles. The molecule has 0 aliphatic rings. The molecular weight excluding hydrogens is 270 g/mol. The van der Waals surface area contributed by atoms with Crippen LogP contribution >= 0.6 is 27.5 Å². The molecular formula is C7H4BrClF3N. The summed E-state index contributed by atoms with van der Waals surface area (Å²) in [7, 11) is 0. The first-order valence-corrected chi connectivity index (χ1v) is 4.56. The van der Waals surface area contributed by atoms with E-state index in [0.717, 1.165) is 6.07 Å². The number of nitrogens with zero attached hydrogens (tertiary/aromatic N) is 1. The van der Waals surface area contributed by atoms with Crippen LogP contribution in [0.4, 0.5) is 13.2 Å². The highest BCUT2D eigenvalue weighted by Gasteiger charge is 2.32. The molecule has 0 fully saturated rings. The summed E-state index contributed by atoms with van der Waals surface area (Å²) >= 11 is 8.32. The van der Waals surface area contributed by atoms with E-state index in [4.69, 9.17) is 11.6 Å². The van der Waals surface area contributed by atoms with Gasteiger partial charge in [-0.2, -0.15) is 13.2 Å². The Hall–Kier alpha value is -0.290. The molecule has 0 radical (unpaired) electrons. The SMILES string of the molecule is FC(F)(F)c1cc(Br)cc(CCl)n1. The van der Waals surface area contributed by atoms with Gasteiger partial charge >= 0.3 is 6.18 Å². The Labute approximate surface area is 86.0 Å². The van der Waals surface area contributed by atoms with Gasteiger partial charge in [0, 0.05) is 4.47 Å². The van der Waals surface area contributed by atoms with Crippen LogP contribution in [0.5, 0.6) is 0 Å². The highest BCUT2D eigenvalue weighted by Crippen LogP contribution is 2.29. The van der Waals surface area contributed by atoms with Gasteiger partial charge in [-0.1, -0.05) is 15.9 Å². The Morgan fingerprint density at radius 1 is 1.38 bits per heavy atom. The summed E-state index contributed by atoms with van der Waals surface area (Å²) in [5.74, 6) is -0.0392. The Kier molecular flexibility index (Phi) is 3.18. The largest absolute Gasteiger partial charge is 0.433 e. The standard InChI is InChI=1S/C7H4BrClF3N/c8-4-1-5(3-9)13-6(2-4)7(10,11)12/h1-2H,3H2. The summed E-state index contributed by atoms with van der Waals surface area (Å²) in [6.07, 6.45) is -4.43. The van der Waals surface area contributed by atoms with Crippen molar-refractivity contribution in [2.75, 3.05) is 0 Å². The van der Waals surface area contributed by atoms with Crippen LogP contribution in [0.2, 0.25) is 0 Å². The Bertz CT molecular complexity index is 313. The summed E-state index contributed by atoms with van der Waals surface area (Å²) < 4.78 is 36.8. The van der Waals surface area contributed by atoms with Crippen LogP contribution in [-0.2, 0) is 12.1 Å². The Balaban J connectivity index is 3.16. The van der Waals surface area contributed by atoms with Gasteiger partial charge in [-0.25, -0.2) is 4.98 Å². The second-order valence-corrected chi connectivity index (χ2v) is 3.48. The van der Waals surface area contributed by atoms with Crippen molar-refractivity contribution in [1.82, 2.24) is 4.98 Å². The van der Waals surface area contributed by atoms with Gasteiger partial charge in [-0.15, -0.1) is 11.6 Å². The third kappa shape index (κ3) is 2.84. The van der Waals surface area contributed by atoms with Crippen molar-refractivity contribution in [1.29, 1.82) is 0 Å². The molecule has 0 amide bonds. The quantitative estimate of drug-likeness (QED) is 0.713. The average molecular weight is 274 g/mol. The lowest BCUT2D eigenvalue weighted by molar-refractivity contribution is -0.141. The van der Waals surface area contributed by atoms with Crippen molar-refractivity contribution in [3.63, 3.8) is 0 Å². The molecule has 0 atom stereocenters. The van der Waals surface area contributed by atoms with E-state index in [0.29, 0.717) is 4.47 Å². The number of alkyl halides is 4. The van der Waals surface area contributed by atoms with Crippen molar-refractivity contribution >= 4 is 27.5 Å². The van der Waals surface area contributed by atoms with E-state index in [1.54, 1.807) is 0 Å². The van der Waals surface area contributed by atoms with Crippen molar-refractivity contribution in [3.05, 3.63) is 28.0 Å².